The molecule has 1 aromatic rings. The van der Waals surface area contributed by atoms with E-state index in [4.69, 9.17) is 16.3 Å². The summed E-state index contributed by atoms with van der Waals surface area (Å²) in [6.07, 6.45) is 1.12. The molecule has 0 amide bonds. The van der Waals surface area contributed by atoms with Gasteiger partial charge in [0.1, 0.15) is 0 Å². The Kier molecular flexibility index (Phi) is 4.86. The Bertz CT molecular complexity index is 386. The molecule has 0 radical (unpaired) electrons. The topological polar surface area (TPSA) is 12.5 Å². The summed E-state index contributed by atoms with van der Waals surface area (Å²) in [6, 6.07) is 6.61. The van der Waals surface area contributed by atoms with Gasteiger partial charge in [0.2, 0.25) is 0 Å². The van der Waals surface area contributed by atoms with Gasteiger partial charge >= 0.3 is 0 Å². The molecular weight excluding hydrogens is 302 g/mol. The molecule has 0 spiro atoms. The first-order valence-electron chi connectivity index (χ1n) is 5.96. The van der Waals surface area contributed by atoms with Crippen molar-refractivity contribution in [1.82, 2.24) is 4.90 Å². The van der Waals surface area contributed by atoms with Gasteiger partial charge in [-0.15, -0.1) is 0 Å². The monoisotopic (exact) mass is 317 g/mol. The van der Waals surface area contributed by atoms with E-state index in [0.29, 0.717) is 6.04 Å². The molecule has 1 aliphatic heterocycles. The number of benzene rings is 1. The van der Waals surface area contributed by atoms with Gasteiger partial charge in [0.05, 0.1) is 13.2 Å². The largest absolute Gasteiger partial charge is 0.378 e. The molecule has 1 unspecified atom stereocenters. The summed E-state index contributed by atoms with van der Waals surface area (Å²) >= 11 is 9.68. The maximum Gasteiger partial charge on any atom is 0.0622 e. The molecule has 1 saturated heterocycles. The van der Waals surface area contributed by atoms with Gasteiger partial charge in [0.25, 0.3) is 0 Å². The number of hydrogen-bond acceptors (Lipinski definition) is 2. The number of halogens is 2. The van der Waals surface area contributed by atoms with E-state index in [1.807, 2.05) is 12.1 Å². The van der Waals surface area contributed by atoms with Crippen molar-refractivity contribution in [2.24, 2.45) is 0 Å². The van der Waals surface area contributed by atoms with E-state index in [1.54, 1.807) is 0 Å². The Morgan fingerprint density at radius 3 is 3.06 bits per heavy atom. The first kappa shape index (κ1) is 13.3. The minimum absolute atomic E-state index is 0.517. The van der Waals surface area contributed by atoms with Gasteiger partial charge in [-0.25, -0.2) is 0 Å². The summed E-state index contributed by atoms with van der Waals surface area (Å²) in [6.45, 7) is 5.77. The van der Waals surface area contributed by atoms with E-state index < -0.39 is 0 Å². The fraction of sp³-hybridized carbons (Fsp3) is 0.538. The van der Waals surface area contributed by atoms with Crippen molar-refractivity contribution in [3.05, 3.63) is 33.3 Å². The molecule has 4 heteroatoms. The second kappa shape index (κ2) is 6.19. The van der Waals surface area contributed by atoms with Crippen LogP contribution in [0.4, 0.5) is 0 Å². The van der Waals surface area contributed by atoms with Crippen molar-refractivity contribution in [2.75, 3.05) is 19.8 Å². The van der Waals surface area contributed by atoms with Crippen LogP contribution in [0.5, 0.6) is 0 Å². The lowest BCUT2D eigenvalue weighted by Crippen LogP contribution is -2.44. The molecule has 94 valence electrons. The first-order valence-corrected chi connectivity index (χ1v) is 7.13. The third-order valence-corrected chi connectivity index (χ3v) is 4.05. The molecule has 0 saturated carbocycles. The molecule has 0 N–H and O–H groups in total. The molecule has 0 aliphatic carbocycles. The number of nitrogens with zero attached hydrogens (tertiary/aromatic N) is 1. The summed E-state index contributed by atoms with van der Waals surface area (Å²) in [5.74, 6) is 0. The lowest BCUT2D eigenvalue weighted by atomic mass is 10.1. The average molecular weight is 319 g/mol. The Hall–Kier alpha value is -0.0900. The quantitative estimate of drug-likeness (QED) is 0.842. The van der Waals surface area contributed by atoms with Crippen LogP contribution in [0, 0.1) is 0 Å². The van der Waals surface area contributed by atoms with E-state index in [-0.39, 0.29) is 0 Å². The number of hydrogen-bond donors (Lipinski definition) is 0. The predicted molar refractivity (Wildman–Crippen MR) is 74.5 cm³/mol. The molecule has 1 aromatic carbocycles. The van der Waals surface area contributed by atoms with E-state index in [9.17, 15) is 0 Å². The first-order chi connectivity index (χ1) is 8.20. The number of rotatable bonds is 3. The number of ether oxygens (including phenoxy) is 1. The van der Waals surface area contributed by atoms with Gasteiger partial charge in [-0.2, -0.15) is 0 Å². The molecular formula is C13H17BrClNO. The zero-order valence-electron chi connectivity index (χ0n) is 9.96. The van der Waals surface area contributed by atoms with Gasteiger partial charge in [0.15, 0.2) is 0 Å². The third-order valence-electron chi connectivity index (χ3n) is 3.21. The minimum Gasteiger partial charge on any atom is -0.378 e. The van der Waals surface area contributed by atoms with E-state index in [2.05, 4.69) is 33.8 Å². The van der Waals surface area contributed by atoms with Crippen LogP contribution < -0.4 is 0 Å². The van der Waals surface area contributed by atoms with Gasteiger partial charge in [-0.1, -0.05) is 40.5 Å². The van der Waals surface area contributed by atoms with Crippen LogP contribution in [-0.4, -0.2) is 30.7 Å². The molecule has 2 rings (SSSR count). The zero-order valence-corrected chi connectivity index (χ0v) is 12.3. The van der Waals surface area contributed by atoms with E-state index in [1.165, 1.54) is 5.56 Å². The van der Waals surface area contributed by atoms with Crippen molar-refractivity contribution < 1.29 is 4.74 Å². The van der Waals surface area contributed by atoms with Crippen LogP contribution in [0.25, 0.3) is 0 Å². The highest BCUT2D eigenvalue weighted by Gasteiger charge is 2.21. The van der Waals surface area contributed by atoms with E-state index >= 15 is 0 Å². The Balaban J connectivity index is 2.08. The van der Waals surface area contributed by atoms with Crippen LogP contribution in [0.1, 0.15) is 18.9 Å². The molecule has 0 bridgehead atoms. The summed E-state index contributed by atoms with van der Waals surface area (Å²) in [5, 5.41) is 0.834. The zero-order chi connectivity index (χ0) is 12.3. The van der Waals surface area contributed by atoms with Gasteiger partial charge in [-0.3, -0.25) is 4.90 Å². The minimum atomic E-state index is 0.517. The summed E-state index contributed by atoms with van der Waals surface area (Å²) in [5.41, 5.74) is 1.19. The van der Waals surface area contributed by atoms with Crippen molar-refractivity contribution in [3.8, 4) is 0 Å². The fourth-order valence-electron chi connectivity index (χ4n) is 2.14. The van der Waals surface area contributed by atoms with E-state index in [0.717, 1.165) is 42.2 Å². The molecule has 1 atom stereocenters. The average Bonchev–Trinajstić information content (AvgIpc) is 2.33. The van der Waals surface area contributed by atoms with Gasteiger partial charge in [-0.05, 0) is 24.1 Å². The second-order valence-electron chi connectivity index (χ2n) is 4.34. The standard InChI is InChI=1S/C13H17BrClNO/c1-2-12-9-17-6-5-16(12)8-10-3-4-11(14)7-13(10)15/h3-4,7,12H,2,5-6,8-9H2,1H3. The third kappa shape index (κ3) is 3.44. The molecule has 1 aliphatic rings. The smallest absolute Gasteiger partial charge is 0.0622 e. The lowest BCUT2D eigenvalue weighted by molar-refractivity contribution is -0.0127. The lowest BCUT2D eigenvalue weighted by Gasteiger charge is -2.35. The van der Waals surface area contributed by atoms with Gasteiger partial charge in [0, 0.05) is 28.6 Å². The molecule has 2 nitrogen and oxygen atoms in total. The normalized spacial score (nSPS) is 21.7. The van der Waals surface area contributed by atoms with Crippen molar-refractivity contribution in [1.29, 1.82) is 0 Å². The van der Waals surface area contributed by atoms with Crippen LogP contribution in [-0.2, 0) is 11.3 Å². The molecule has 0 aromatic heterocycles. The van der Waals surface area contributed by atoms with Crippen LogP contribution in [0.2, 0.25) is 5.02 Å². The van der Waals surface area contributed by atoms with Gasteiger partial charge < -0.3 is 4.74 Å². The second-order valence-corrected chi connectivity index (χ2v) is 5.67. The van der Waals surface area contributed by atoms with Crippen LogP contribution in [0.3, 0.4) is 0 Å². The predicted octanol–water partition coefficient (Wildman–Crippen LogP) is 3.71. The Labute approximate surface area is 116 Å². The summed E-state index contributed by atoms with van der Waals surface area (Å²) < 4.78 is 6.54. The Morgan fingerprint density at radius 1 is 1.53 bits per heavy atom. The SMILES string of the molecule is CCC1COCCN1Cc1ccc(Br)cc1Cl. The Morgan fingerprint density at radius 2 is 2.35 bits per heavy atom. The maximum atomic E-state index is 6.25. The molecule has 17 heavy (non-hydrogen) atoms. The van der Waals surface area contributed by atoms with Crippen molar-refractivity contribution in [3.63, 3.8) is 0 Å². The highest BCUT2D eigenvalue weighted by molar-refractivity contribution is 9.10. The van der Waals surface area contributed by atoms with Crippen LogP contribution in [0.15, 0.2) is 22.7 Å². The maximum absolute atomic E-state index is 6.25. The summed E-state index contributed by atoms with van der Waals surface area (Å²) in [7, 11) is 0. The van der Waals surface area contributed by atoms with Crippen LogP contribution >= 0.6 is 27.5 Å². The highest BCUT2D eigenvalue weighted by Crippen LogP contribution is 2.24. The molecule has 1 heterocycles. The molecule has 1 fully saturated rings. The fourth-order valence-corrected chi connectivity index (χ4v) is 2.88. The highest BCUT2D eigenvalue weighted by atomic mass is 79.9. The van der Waals surface area contributed by atoms with Crippen molar-refractivity contribution >= 4 is 27.5 Å². The van der Waals surface area contributed by atoms with Crippen molar-refractivity contribution in [2.45, 2.75) is 25.9 Å². The number of morpholine rings is 1. The summed E-state index contributed by atoms with van der Waals surface area (Å²) in [4.78, 5) is 2.46.